The number of hydrogen-bond donors (Lipinski definition) is 2. The molecular weight excluding hydrogens is 364 g/mol. The minimum absolute atomic E-state index is 0.0140. The molecule has 1 aromatic carbocycles. The summed E-state index contributed by atoms with van der Waals surface area (Å²) in [6.07, 6.45) is -1.93. The number of alkyl halides is 3. The summed E-state index contributed by atoms with van der Waals surface area (Å²) in [5.74, 6) is -0.378. The van der Waals surface area contributed by atoms with E-state index < -0.39 is 18.8 Å². The smallest absolute Gasteiger partial charge is 0.426 e. The zero-order valence-corrected chi connectivity index (χ0v) is 12.9. The summed E-state index contributed by atoms with van der Waals surface area (Å²) < 4.78 is 40.8. The average molecular weight is 377 g/mol. The van der Waals surface area contributed by atoms with Gasteiger partial charge in [0.2, 0.25) is 0 Å². The van der Waals surface area contributed by atoms with Gasteiger partial charge >= 0.3 is 13.5 Å². The molecule has 1 aliphatic rings. The fourth-order valence-corrected chi connectivity index (χ4v) is 3.05. The first-order chi connectivity index (χ1) is 10.2. The summed E-state index contributed by atoms with van der Waals surface area (Å²) in [5, 5.41) is 18.3. The summed E-state index contributed by atoms with van der Waals surface area (Å²) >= 11 is 3.01. The quantitative estimate of drug-likeness (QED) is 0.790. The van der Waals surface area contributed by atoms with Gasteiger partial charge in [0.15, 0.2) is 0 Å². The third-order valence-corrected chi connectivity index (χ3v) is 4.05. The lowest BCUT2D eigenvalue weighted by Gasteiger charge is -2.32. The average Bonchev–Trinajstić information content (AvgIpc) is 2.41. The van der Waals surface area contributed by atoms with Gasteiger partial charge in [0.25, 0.3) is 0 Å². The molecule has 0 aromatic heterocycles. The number of halogens is 4. The van der Waals surface area contributed by atoms with Crippen LogP contribution in [0.4, 0.5) is 13.2 Å². The Morgan fingerprint density at radius 3 is 2.36 bits per heavy atom. The van der Waals surface area contributed by atoms with Gasteiger partial charge in [-0.2, -0.15) is 0 Å². The Balaban J connectivity index is 2.25. The molecule has 2 N–H and O–H groups in total. The van der Waals surface area contributed by atoms with Crippen molar-refractivity contribution in [1.29, 1.82) is 0 Å². The van der Waals surface area contributed by atoms with E-state index in [-0.39, 0.29) is 23.1 Å². The highest BCUT2D eigenvalue weighted by Crippen LogP contribution is 2.46. The summed E-state index contributed by atoms with van der Waals surface area (Å²) in [7, 11) is -1.72. The van der Waals surface area contributed by atoms with E-state index in [0.29, 0.717) is 0 Å². The third kappa shape index (κ3) is 4.15. The van der Waals surface area contributed by atoms with Crippen molar-refractivity contribution in [3.8, 4) is 0 Å². The van der Waals surface area contributed by atoms with E-state index >= 15 is 0 Å². The lowest BCUT2D eigenvalue weighted by molar-refractivity contribution is -0.303. The Morgan fingerprint density at radius 1 is 1.23 bits per heavy atom. The molecule has 1 aromatic rings. The molecule has 0 fully saturated rings. The maximum Gasteiger partial charge on any atom is 0.573 e. The van der Waals surface area contributed by atoms with Gasteiger partial charge in [0, 0.05) is 5.31 Å². The maximum absolute atomic E-state index is 12.3. The SMILES string of the molecule is OB(O)C1(Cc2ccccc2)C=C(Br)C(OC(F)(F)F)=CC1. The standard InChI is InChI=1S/C14H13BBrF3O3/c16-11-9-13(15(20)21,8-10-4-2-1-3-5-10)7-6-12(11)22-14(17,18)19/h1-6,9,20-21H,7-8H2. The Hall–Kier alpha value is -1.25. The van der Waals surface area contributed by atoms with E-state index in [0.717, 1.165) is 5.56 Å². The van der Waals surface area contributed by atoms with E-state index in [2.05, 4.69) is 20.7 Å². The fourth-order valence-electron chi connectivity index (χ4n) is 2.35. The maximum atomic E-state index is 12.3. The second kappa shape index (κ2) is 6.48. The van der Waals surface area contributed by atoms with Crippen molar-refractivity contribution >= 4 is 23.0 Å². The molecule has 0 amide bonds. The van der Waals surface area contributed by atoms with Gasteiger partial charge in [0.05, 0.1) is 4.48 Å². The highest BCUT2D eigenvalue weighted by atomic mass is 79.9. The Bertz CT molecular complexity index is 587. The number of hydrogen-bond acceptors (Lipinski definition) is 3. The predicted octanol–water partition coefficient (Wildman–Crippen LogP) is 3.55. The molecule has 3 nitrogen and oxygen atoms in total. The molecular formula is C14H13BBrF3O3. The van der Waals surface area contributed by atoms with Gasteiger partial charge in [-0.25, -0.2) is 0 Å². The molecule has 0 saturated heterocycles. The number of rotatable bonds is 4. The van der Waals surface area contributed by atoms with Crippen LogP contribution in [0.1, 0.15) is 12.0 Å². The normalized spacial score (nSPS) is 21.9. The largest absolute Gasteiger partial charge is 0.573 e. The van der Waals surface area contributed by atoms with Crippen molar-refractivity contribution in [2.45, 2.75) is 24.5 Å². The summed E-state index contributed by atoms with van der Waals surface area (Å²) in [6, 6.07) is 9.08. The molecule has 8 heteroatoms. The highest BCUT2D eigenvalue weighted by molar-refractivity contribution is 9.12. The van der Waals surface area contributed by atoms with Crippen LogP contribution >= 0.6 is 15.9 Å². The van der Waals surface area contributed by atoms with Crippen LogP contribution in [0.2, 0.25) is 5.31 Å². The molecule has 1 atom stereocenters. The predicted molar refractivity (Wildman–Crippen MR) is 79.9 cm³/mol. The minimum Gasteiger partial charge on any atom is -0.426 e. The zero-order chi connectivity index (χ0) is 16.4. The summed E-state index contributed by atoms with van der Waals surface area (Å²) in [4.78, 5) is 0. The van der Waals surface area contributed by atoms with E-state index in [1.54, 1.807) is 0 Å². The molecule has 0 bridgehead atoms. The molecule has 1 unspecified atom stereocenters. The van der Waals surface area contributed by atoms with Crippen LogP contribution in [0.25, 0.3) is 0 Å². The van der Waals surface area contributed by atoms with Gasteiger partial charge in [-0.3, -0.25) is 0 Å². The molecule has 2 rings (SSSR count). The first-order valence-corrected chi connectivity index (χ1v) is 7.26. The van der Waals surface area contributed by atoms with Crippen LogP contribution in [0.15, 0.2) is 52.7 Å². The lowest BCUT2D eigenvalue weighted by atomic mass is 9.52. The van der Waals surface area contributed by atoms with Crippen LogP contribution in [-0.2, 0) is 11.2 Å². The lowest BCUT2D eigenvalue weighted by Crippen LogP contribution is -2.35. The van der Waals surface area contributed by atoms with Crippen molar-refractivity contribution in [1.82, 2.24) is 0 Å². The first kappa shape index (κ1) is 17.1. The molecule has 22 heavy (non-hydrogen) atoms. The summed E-state index contributed by atoms with van der Waals surface area (Å²) in [5.41, 5.74) is 0.848. The Morgan fingerprint density at radius 2 is 1.86 bits per heavy atom. The first-order valence-electron chi connectivity index (χ1n) is 6.46. The molecule has 0 radical (unpaired) electrons. The van der Waals surface area contributed by atoms with E-state index in [1.807, 2.05) is 30.3 Å². The monoisotopic (exact) mass is 376 g/mol. The van der Waals surface area contributed by atoms with Crippen LogP contribution < -0.4 is 0 Å². The third-order valence-electron chi connectivity index (χ3n) is 3.43. The molecule has 0 saturated carbocycles. The summed E-state index contributed by atoms with van der Waals surface area (Å²) in [6.45, 7) is 0. The topological polar surface area (TPSA) is 49.7 Å². The van der Waals surface area contributed by atoms with Crippen LogP contribution in [-0.4, -0.2) is 23.5 Å². The number of ether oxygens (including phenoxy) is 1. The molecule has 118 valence electrons. The number of allylic oxidation sites excluding steroid dienone is 3. The van der Waals surface area contributed by atoms with E-state index in [1.165, 1.54) is 12.2 Å². The van der Waals surface area contributed by atoms with E-state index in [9.17, 15) is 23.2 Å². The van der Waals surface area contributed by atoms with Crippen LogP contribution in [0.3, 0.4) is 0 Å². The zero-order valence-electron chi connectivity index (χ0n) is 11.3. The van der Waals surface area contributed by atoms with Gasteiger partial charge in [0.1, 0.15) is 5.76 Å². The molecule has 0 spiro atoms. The van der Waals surface area contributed by atoms with Crippen molar-refractivity contribution in [2.24, 2.45) is 0 Å². The Kier molecular flexibility index (Phi) is 5.04. The van der Waals surface area contributed by atoms with Crippen molar-refractivity contribution in [3.63, 3.8) is 0 Å². The van der Waals surface area contributed by atoms with Crippen LogP contribution in [0, 0.1) is 0 Å². The van der Waals surface area contributed by atoms with E-state index in [4.69, 9.17) is 0 Å². The van der Waals surface area contributed by atoms with Crippen molar-refractivity contribution < 1.29 is 28.0 Å². The second-order valence-corrected chi connectivity index (χ2v) is 5.94. The van der Waals surface area contributed by atoms with Crippen molar-refractivity contribution in [2.75, 3.05) is 0 Å². The van der Waals surface area contributed by atoms with Gasteiger partial charge < -0.3 is 14.8 Å². The van der Waals surface area contributed by atoms with Gasteiger partial charge in [-0.05, 0) is 40.4 Å². The number of benzene rings is 1. The van der Waals surface area contributed by atoms with Crippen LogP contribution in [0.5, 0.6) is 0 Å². The molecule has 0 heterocycles. The molecule has 0 aliphatic heterocycles. The van der Waals surface area contributed by atoms with Gasteiger partial charge in [-0.1, -0.05) is 36.4 Å². The molecule has 1 aliphatic carbocycles. The fraction of sp³-hybridized carbons (Fsp3) is 0.286. The highest BCUT2D eigenvalue weighted by Gasteiger charge is 2.43. The van der Waals surface area contributed by atoms with Crippen molar-refractivity contribution in [3.05, 3.63) is 58.3 Å². The second-order valence-electron chi connectivity index (χ2n) is 5.08. The minimum atomic E-state index is -4.80. The van der Waals surface area contributed by atoms with Gasteiger partial charge in [-0.15, -0.1) is 13.2 Å². The Labute approximate surface area is 134 Å².